The molecule has 0 aliphatic heterocycles. The number of aromatic nitrogens is 2. The van der Waals surface area contributed by atoms with E-state index < -0.39 is 28.3 Å². The topological polar surface area (TPSA) is 74.8 Å². The Morgan fingerprint density at radius 1 is 1.25 bits per heavy atom. The number of nitrogens with one attached hydrogen (secondary N) is 2. The fourth-order valence-electron chi connectivity index (χ4n) is 2.15. The first-order valence-electron chi connectivity index (χ1n) is 6.52. The second kappa shape index (κ2) is 6.19. The normalized spacial score (nSPS) is 11.8. The minimum Gasteiger partial charge on any atom is -0.360 e. The number of sulfonamides is 1. The lowest BCUT2D eigenvalue weighted by Crippen LogP contribution is -2.15. The summed E-state index contributed by atoms with van der Waals surface area (Å²) in [4.78, 5) is 6.23. The van der Waals surface area contributed by atoms with Crippen LogP contribution in [-0.2, 0) is 16.7 Å². The Hall–Kier alpha value is -1.90. The van der Waals surface area contributed by atoms with Gasteiger partial charge in [0.2, 0.25) is 0 Å². The van der Waals surface area contributed by atoms with E-state index in [1.165, 1.54) is 18.3 Å². The van der Waals surface area contributed by atoms with Gasteiger partial charge in [-0.3, -0.25) is 4.72 Å². The average molecular weight is 392 g/mol. The predicted octanol–water partition coefficient (Wildman–Crippen LogP) is 4.28. The number of hydrogen-bond acceptors (Lipinski definition) is 3. The van der Waals surface area contributed by atoms with Crippen LogP contribution in [0.2, 0.25) is 10.0 Å². The van der Waals surface area contributed by atoms with E-state index in [0.29, 0.717) is 15.9 Å². The number of halogens is 4. The Kier molecular flexibility index (Phi) is 4.37. The Morgan fingerprint density at radius 3 is 2.71 bits per heavy atom. The molecular weight excluding hydrogens is 383 g/mol. The molecule has 0 amide bonds. The molecule has 3 aromatic rings. The van der Waals surface area contributed by atoms with E-state index in [1.54, 1.807) is 6.07 Å². The highest BCUT2D eigenvalue weighted by atomic mass is 35.5. The first-order valence-corrected chi connectivity index (χ1v) is 8.76. The average Bonchev–Trinajstić information content (AvgIpc) is 2.93. The van der Waals surface area contributed by atoms with Gasteiger partial charge in [-0.05, 0) is 24.3 Å². The maximum absolute atomic E-state index is 13.9. The lowest BCUT2D eigenvalue weighted by atomic mass is 10.2. The Morgan fingerprint density at radius 2 is 2.00 bits per heavy atom. The number of anilines is 1. The van der Waals surface area contributed by atoms with E-state index >= 15 is 0 Å². The molecule has 3 rings (SSSR count). The fraction of sp³-hybridized carbons (Fsp3) is 0.0714. The third kappa shape index (κ3) is 3.04. The first kappa shape index (κ1) is 16.9. The van der Waals surface area contributed by atoms with Gasteiger partial charge in [0.05, 0.1) is 10.7 Å². The molecule has 0 bridgehead atoms. The molecule has 0 spiro atoms. The van der Waals surface area contributed by atoms with Crippen molar-refractivity contribution in [2.24, 2.45) is 0 Å². The summed E-state index contributed by atoms with van der Waals surface area (Å²) in [5.74, 6) is -1.64. The van der Waals surface area contributed by atoms with Crippen molar-refractivity contribution in [1.29, 1.82) is 0 Å². The van der Waals surface area contributed by atoms with E-state index in [0.717, 1.165) is 6.07 Å². The van der Waals surface area contributed by atoms with Crippen molar-refractivity contribution in [1.82, 2.24) is 9.97 Å². The van der Waals surface area contributed by atoms with Gasteiger partial charge in [0.15, 0.2) is 11.6 Å². The van der Waals surface area contributed by atoms with E-state index in [9.17, 15) is 17.2 Å². The highest BCUT2D eigenvalue weighted by molar-refractivity contribution is 7.93. The zero-order valence-electron chi connectivity index (χ0n) is 11.8. The van der Waals surface area contributed by atoms with Gasteiger partial charge in [-0.15, -0.1) is 0 Å². The second-order valence-corrected chi connectivity index (χ2v) is 7.32. The van der Waals surface area contributed by atoms with E-state index in [2.05, 4.69) is 9.97 Å². The number of benzene rings is 1. The molecule has 2 aromatic heterocycles. The number of hydrogen-bond donors (Lipinski definition) is 2. The highest BCUT2D eigenvalue weighted by Crippen LogP contribution is 2.28. The van der Waals surface area contributed by atoms with E-state index in [1.807, 2.05) is 4.72 Å². The number of pyridine rings is 1. The smallest absolute Gasteiger partial charge is 0.265 e. The minimum absolute atomic E-state index is 0.118. The Balaban J connectivity index is 2.05. The van der Waals surface area contributed by atoms with E-state index in [4.69, 9.17) is 23.2 Å². The van der Waals surface area contributed by atoms with Crippen LogP contribution < -0.4 is 4.72 Å². The Bertz CT molecular complexity index is 1040. The molecule has 0 aliphatic carbocycles. The molecule has 0 fully saturated rings. The third-order valence-corrected chi connectivity index (χ3v) is 5.20. The first-order chi connectivity index (χ1) is 11.3. The molecule has 126 valence electrons. The van der Waals surface area contributed by atoms with Crippen LogP contribution in [0.3, 0.4) is 0 Å². The highest BCUT2D eigenvalue weighted by Gasteiger charge is 2.22. The molecule has 24 heavy (non-hydrogen) atoms. The lowest BCUT2D eigenvalue weighted by molar-refractivity contribution is 0.475. The monoisotopic (exact) mass is 391 g/mol. The van der Waals surface area contributed by atoms with Crippen molar-refractivity contribution in [3.63, 3.8) is 0 Å². The van der Waals surface area contributed by atoms with E-state index in [-0.39, 0.29) is 15.6 Å². The number of rotatable bonds is 4. The summed E-state index contributed by atoms with van der Waals surface area (Å²) in [5.41, 5.74) is 0.235. The molecule has 2 N–H and O–H groups in total. The van der Waals surface area contributed by atoms with Gasteiger partial charge in [-0.1, -0.05) is 23.2 Å². The van der Waals surface area contributed by atoms with Crippen molar-refractivity contribution in [3.05, 3.63) is 52.0 Å². The van der Waals surface area contributed by atoms with Crippen LogP contribution in [0.4, 0.5) is 14.6 Å². The molecule has 0 unspecified atom stereocenters. The summed E-state index contributed by atoms with van der Waals surface area (Å²) < 4.78 is 53.7. The Labute approximate surface area is 145 Å². The molecule has 0 aliphatic rings. The third-order valence-electron chi connectivity index (χ3n) is 3.26. The number of fused-ring (bicyclic) bond motifs is 1. The molecule has 10 heteroatoms. The molecule has 0 saturated carbocycles. The van der Waals surface area contributed by atoms with Crippen LogP contribution in [0.5, 0.6) is 0 Å². The molecular formula is C14H9Cl2F2N3O2S. The van der Waals surface area contributed by atoms with Gasteiger partial charge in [0, 0.05) is 22.1 Å². The lowest BCUT2D eigenvalue weighted by Gasteiger charge is -2.09. The van der Waals surface area contributed by atoms with Crippen LogP contribution in [0.25, 0.3) is 10.9 Å². The summed E-state index contributed by atoms with van der Waals surface area (Å²) in [6, 6.07) is 5.40. The number of H-pyrrole nitrogens is 1. The summed E-state index contributed by atoms with van der Waals surface area (Å²) >= 11 is 11.5. The maximum atomic E-state index is 13.9. The van der Waals surface area contributed by atoms with Crippen LogP contribution >= 0.6 is 23.2 Å². The molecule has 2 heterocycles. The fourth-order valence-corrected chi connectivity index (χ4v) is 3.70. The van der Waals surface area contributed by atoms with Gasteiger partial charge in [-0.2, -0.15) is 0 Å². The van der Waals surface area contributed by atoms with Crippen LogP contribution in [-0.4, -0.2) is 18.4 Å². The number of alkyl halides is 1. The molecule has 1 aromatic carbocycles. The largest absolute Gasteiger partial charge is 0.360 e. The van der Waals surface area contributed by atoms with Crippen LogP contribution in [0, 0.1) is 5.82 Å². The summed E-state index contributed by atoms with van der Waals surface area (Å²) in [6.45, 7) is -1.06. The zero-order chi connectivity index (χ0) is 17.5. The van der Waals surface area contributed by atoms with Crippen LogP contribution in [0.1, 0.15) is 5.69 Å². The molecule has 0 atom stereocenters. The quantitative estimate of drug-likeness (QED) is 0.696. The van der Waals surface area contributed by atoms with Gasteiger partial charge in [0.1, 0.15) is 11.6 Å². The molecule has 0 radical (unpaired) electrons. The summed E-state index contributed by atoms with van der Waals surface area (Å²) in [5, 5.41) is 0.575. The number of aromatic amines is 1. The van der Waals surface area contributed by atoms with Crippen molar-refractivity contribution < 1.29 is 17.2 Å². The molecule has 5 nitrogen and oxygen atoms in total. The zero-order valence-corrected chi connectivity index (χ0v) is 14.1. The minimum atomic E-state index is -4.16. The number of nitrogens with zero attached hydrogens (tertiary/aromatic N) is 1. The van der Waals surface area contributed by atoms with Crippen molar-refractivity contribution in [2.45, 2.75) is 11.6 Å². The summed E-state index contributed by atoms with van der Waals surface area (Å²) in [7, 11) is -4.16. The van der Waals surface area contributed by atoms with Gasteiger partial charge < -0.3 is 4.98 Å². The van der Waals surface area contributed by atoms with Gasteiger partial charge >= 0.3 is 0 Å². The molecule has 0 saturated heterocycles. The summed E-state index contributed by atoms with van der Waals surface area (Å²) in [6.07, 6.45) is 1.24. The standard InChI is InChI=1S/C14H9Cl2F2N3O2S/c15-7-1-2-8-11(3-7)19-6-13(8)24(22,23)21-14-10(18)4-9(16)12(5-17)20-14/h1-4,6,19H,5H2,(H,20,21). The van der Waals surface area contributed by atoms with Gasteiger partial charge in [0.25, 0.3) is 10.0 Å². The van der Waals surface area contributed by atoms with Crippen molar-refractivity contribution >= 4 is 49.9 Å². The predicted molar refractivity (Wildman–Crippen MR) is 88.1 cm³/mol. The maximum Gasteiger partial charge on any atom is 0.265 e. The van der Waals surface area contributed by atoms with Crippen LogP contribution in [0.15, 0.2) is 35.4 Å². The van der Waals surface area contributed by atoms with Crippen molar-refractivity contribution in [3.8, 4) is 0 Å². The second-order valence-electron chi connectivity index (χ2n) is 4.83. The SMILES string of the molecule is O=S(=O)(Nc1nc(CF)c(Cl)cc1F)c1c[nH]c2cc(Cl)ccc12. The van der Waals surface area contributed by atoms with Gasteiger partial charge in [-0.25, -0.2) is 22.2 Å². The van der Waals surface area contributed by atoms with Crippen molar-refractivity contribution in [2.75, 3.05) is 4.72 Å².